The number of benzene rings is 1. The Morgan fingerprint density at radius 1 is 1.31 bits per heavy atom. The van der Waals surface area contributed by atoms with Crippen LogP contribution in [0.25, 0.3) is 0 Å². The number of carbonyl (C=O) groups is 1. The lowest BCUT2D eigenvalue weighted by Gasteiger charge is -2.27. The van der Waals surface area contributed by atoms with Crippen molar-refractivity contribution >= 4 is 40.2 Å². The summed E-state index contributed by atoms with van der Waals surface area (Å²) >= 11 is 1.96. The number of halogens is 1. The van der Waals surface area contributed by atoms with E-state index < -0.39 is 23.2 Å². The fourth-order valence-electron chi connectivity index (χ4n) is 3.46. The Morgan fingerprint density at radius 2 is 2.07 bits per heavy atom. The molecule has 6 nitrogen and oxygen atoms in total. The molecule has 2 atom stereocenters. The van der Waals surface area contributed by atoms with Crippen molar-refractivity contribution < 1.29 is 18.1 Å². The average Bonchev–Trinajstić information content (AvgIpc) is 3.05. The van der Waals surface area contributed by atoms with Gasteiger partial charge in [-0.15, -0.1) is 0 Å². The standard InChI is InChI=1S/C20H30FN3O3S2/c1-2-3-12-29(26)22-14-17-15-24(20(25)27-17)16-6-7-19(18(21)13-16)23-8-4-10-28-11-5-9-23/h6-7,13,17,22H,2-5,8-12,14-15H2,1H3. The van der Waals surface area contributed by atoms with Gasteiger partial charge in [0.25, 0.3) is 0 Å². The van der Waals surface area contributed by atoms with Gasteiger partial charge in [-0.3, -0.25) is 4.90 Å². The highest BCUT2D eigenvalue weighted by molar-refractivity contribution is 7.99. The van der Waals surface area contributed by atoms with Crippen molar-refractivity contribution in [3.8, 4) is 0 Å². The number of nitrogens with one attached hydrogen (secondary N) is 1. The van der Waals surface area contributed by atoms with Crippen molar-refractivity contribution in [3.63, 3.8) is 0 Å². The number of rotatable bonds is 8. The monoisotopic (exact) mass is 443 g/mol. The molecule has 2 fully saturated rings. The molecule has 1 aromatic carbocycles. The molecular formula is C20H30FN3O3S2. The molecule has 0 radical (unpaired) electrons. The lowest BCUT2D eigenvalue weighted by Crippen LogP contribution is -2.33. The highest BCUT2D eigenvalue weighted by atomic mass is 32.2. The van der Waals surface area contributed by atoms with Crippen molar-refractivity contribution in [3.05, 3.63) is 24.0 Å². The molecule has 2 aliphatic heterocycles. The van der Waals surface area contributed by atoms with Crippen LogP contribution in [0.1, 0.15) is 32.6 Å². The fraction of sp³-hybridized carbons (Fsp3) is 0.650. The number of hydrogen-bond acceptors (Lipinski definition) is 5. The highest BCUT2D eigenvalue weighted by Crippen LogP contribution is 2.29. The molecule has 162 valence electrons. The lowest BCUT2D eigenvalue weighted by atomic mass is 10.2. The molecule has 3 rings (SSSR count). The number of thioether (sulfide) groups is 1. The summed E-state index contributed by atoms with van der Waals surface area (Å²) in [7, 11) is -1.12. The van der Waals surface area contributed by atoms with E-state index in [-0.39, 0.29) is 5.82 Å². The molecule has 2 aliphatic rings. The molecule has 1 aromatic rings. The van der Waals surface area contributed by atoms with Gasteiger partial charge in [-0.1, -0.05) is 13.3 Å². The largest absolute Gasteiger partial charge is 0.443 e. The van der Waals surface area contributed by atoms with Crippen molar-refractivity contribution in [1.29, 1.82) is 0 Å². The lowest BCUT2D eigenvalue weighted by molar-refractivity contribution is 0.143. The van der Waals surface area contributed by atoms with Crippen LogP contribution in [0.5, 0.6) is 0 Å². The van der Waals surface area contributed by atoms with Crippen LogP contribution < -0.4 is 14.5 Å². The maximum absolute atomic E-state index is 14.8. The van der Waals surface area contributed by atoms with Crippen molar-refractivity contribution in [1.82, 2.24) is 4.72 Å². The van der Waals surface area contributed by atoms with Gasteiger partial charge < -0.3 is 9.64 Å². The van der Waals surface area contributed by atoms with Crippen LogP contribution in [-0.2, 0) is 15.7 Å². The Kier molecular flexibility index (Phi) is 8.62. The third-order valence-electron chi connectivity index (χ3n) is 5.05. The number of hydrogen-bond donors (Lipinski definition) is 1. The van der Waals surface area contributed by atoms with Crippen LogP contribution in [0.2, 0.25) is 0 Å². The summed E-state index contributed by atoms with van der Waals surface area (Å²) in [5.74, 6) is 2.48. The summed E-state index contributed by atoms with van der Waals surface area (Å²) in [6.45, 7) is 4.38. The molecule has 1 amide bonds. The average molecular weight is 444 g/mol. The van der Waals surface area contributed by atoms with Crippen molar-refractivity contribution in [2.45, 2.75) is 38.7 Å². The fourth-order valence-corrected chi connectivity index (χ4v) is 5.40. The summed E-state index contributed by atoms with van der Waals surface area (Å²) in [5, 5.41) is 0. The van der Waals surface area contributed by atoms with Crippen LogP contribution in [0.3, 0.4) is 0 Å². The Bertz CT molecular complexity index is 714. The number of anilines is 2. The molecule has 0 bridgehead atoms. The van der Waals surface area contributed by atoms with Gasteiger partial charge in [-0.2, -0.15) is 11.8 Å². The van der Waals surface area contributed by atoms with Gasteiger partial charge in [0.1, 0.15) is 11.9 Å². The second kappa shape index (κ2) is 11.2. The Morgan fingerprint density at radius 3 is 2.76 bits per heavy atom. The van der Waals surface area contributed by atoms with Gasteiger partial charge in [0.15, 0.2) is 0 Å². The van der Waals surface area contributed by atoms with E-state index >= 15 is 0 Å². The minimum absolute atomic E-state index is 0.314. The van der Waals surface area contributed by atoms with E-state index in [4.69, 9.17) is 4.74 Å². The first-order chi connectivity index (χ1) is 14.1. The first-order valence-electron chi connectivity index (χ1n) is 10.3. The normalized spacial score (nSPS) is 21.6. The second-order valence-electron chi connectivity index (χ2n) is 7.31. The third kappa shape index (κ3) is 6.33. The van der Waals surface area contributed by atoms with Crippen LogP contribution in [-0.4, -0.2) is 59.8 Å². The van der Waals surface area contributed by atoms with Gasteiger partial charge in [-0.05, 0) is 49.0 Å². The summed E-state index contributed by atoms with van der Waals surface area (Å²) < 4.78 is 35.0. The van der Waals surface area contributed by atoms with Gasteiger partial charge >= 0.3 is 6.09 Å². The minimum Gasteiger partial charge on any atom is -0.443 e. The number of carbonyl (C=O) groups excluding carboxylic acids is 1. The number of ether oxygens (including phenoxy) is 1. The van der Waals surface area contributed by atoms with E-state index in [2.05, 4.69) is 9.62 Å². The van der Waals surface area contributed by atoms with Gasteiger partial charge in [0, 0.05) is 25.4 Å². The number of cyclic esters (lactones) is 1. The summed E-state index contributed by atoms with van der Waals surface area (Å²) in [4.78, 5) is 15.8. The van der Waals surface area contributed by atoms with Gasteiger partial charge in [-0.25, -0.2) is 18.1 Å². The number of nitrogens with zero attached hydrogens (tertiary/aromatic N) is 2. The number of amides is 1. The van der Waals surface area contributed by atoms with E-state index in [0.717, 1.165) is 50.3 Å². The quantitative estimate of drug-likeness (QED) is 0.666. The van der Waals surface area contributed by atoms with Crippen molar-refractivity contribution in [2.75, 3.05) is 53.2 Å². The van der Waals surface area contributed by atoms with Crippen LogP contribution in [0, 0.1) is 5.82 Å². The Labute approximate surface area is 179 Å². The summed E-state index contributed by atoms with van der Waals surface area (Å²) in [5.41, 5.74) is 1.09. The van der Waals surface area contributed by atoms with E-state index in [0.29, 0.717) is 30.2 Å². The predicted molar refractivity (Wildman–Crippen MR) is 119 cm³/mol. The predicted octanol–water partition coefficient (Wildman–Crippen LogP) is 3.54. The maximum Gasteiger partial charge on any atom is 0.414 e. The van der Waals surface area contributed by atoms with Gasteiger partial charge in [0.2, 0.25) is 0 Å². The Balaban J connectivity index is 1.59. The molecule has 0 aromatic heterocycles. The molecule has 0 spiro atoms. The topological polar surface area (TPSA) is 61.9 Å². The van der Waals surface area contributed by atoms with Gasteiger partial charge in [0.05, 0.1) is 28.9 Å². The van der Waals surface area contributed by atoms with E-state index in [1.54, 1.807) is 12.1 Å². The van der Waals surface area contributed by atoms with Crippen molar-refractivity contribution in [2.24, 2.45) is 0 Å². The molecule has 2 saturated heterocycles. The zero-order valence-electron chi connectivity index (χ0n) is 16.9. The minimum atomic E-state index is -1.12. The molecule has 29 heavy (non-hydrogen) atoms. The zero-order chi connectivity index (χ0) is 20.6. The molecule has 0 aliphatic carbocycles. The second-order valence-corrected chi connectivity index (χ2v) is 9.92. The molecule has 2 unspecified atom stereocenters. The highest BCUT2D eigenvalue weighted by Gasteiger charge is 2.33. The summed E-state index contributed by atoms with van der Waals surface area (Å²) in [6.07, 6.45) is 3.06. The van der Waals surface area contributed by atoms with E-state index in [1.807, 2.05) is 18.7 Å². The molecule has 9 heteroatoms. The first-order valence-corrected chi connectivity index (χ1v) is 12.8. The molecule has 2 heterocycles. The zero-order valence-corrected chi connectivity index (χ0v) is 18.5. The molecular weight excluding hydrogens is 413 g/mol. The molecule has 1 N–H and O–H groups in total. The van der Waals surface area contributed by atoms with Crippen LogP contribution in [0.4, 0.5) is 20.6 Å². The van der Waals surface area contributed by atoms with Crippen LogP contribution >= 0.6 is 11.8 Å². The Hall–Kier alpha value is -1.32. The summed E-state index contributed by atoms with van der Waals surface area (Å²) in [6, 6.07) is 4.96. The van der Waals surface area contributed by atoms with E-state index in [9.17, 15) is 13.4 Å². The third-order valence-corrected chi connectivity index (χ3v) is 7.35. The van der Waals surface area contributed by atoms with E-state index in [1.165, 1.54) is 11.0 Å². The molecule has 0 saturated carbocycles. The van der Waals surface area contributed by atoms with Crippen LogP contribution in [0.15, 0.2) is 18.2 Å². The first kappa shape index (κ1) is 22.4. The smallest absolute Gasteiger partial charge is 0.414 e. The SMILES string of the molecule is CCCCS(=O)NCC1CN(c2ccc(N3CCCSCCC3)c(F)c2)C(=O)O1. The number of unbranched alkanes of at least 4 members (excludes halogenated alkanes) is 1. The maximum atomic E-state index is 14.8.